The van der Waals surface area contributed by atoms with Crippen molar-refractivity contribution in [3.63, 3.8) is 0 Å². The van der Waals surface area contributed by atoms with E-state index in [-0.39, 0.29) is 39.7 Å². The summed E-state index contributed by atoms with van der Waals surface area (Å²) in [6, 6.07) is 3.10. The summed E-state index contributed by atoms with van der Waals surface area (Å²) >= 11 is 0. The highest BCUT2D eigenvalue weighted by Crippen LogP contribution is 2.37. The Labute approximate surface area is 318 Å². The molecular weight excluding hydrogens is 668 g/mol. The standard InChI is InChI=1S/C23H34O4.C22H32O4/c1-6-7-8-12-18-15-20(24)19(22(25)21(18)23(26)27-5)14-13-17(4)11-9-10-16(2)3;1-5-6-7-11-17-14-19(23)18(21(24)20(17)22(25)26)13-12-16(4)10-8-9-15(2)3/h10,13,15,24-25H,6-9,11-12,14H2,1-5H3;9,12,14,23-24H,5-8,10-11,13H2,1-4H3,(H,25,26)/b17-13+;16-12+. The summed E-state index contributed by atoms with van der Waals surface area (Å²) < 4.78 is 4.86. The van der Waals surface area contributed by atoms with E-state index in [0.717, 1.165) is 69.8 Å². The van der Waals surface area contributed by atoms with Gasteiger partial charge in [0.1, 0.15) is 34.1 Å². The second-order valence-electron chi connectivity index (χ2n) is 14.4. The first-order chi connectivity index (χ1) is 25.1. The lowest BCUT2D eigenvalue weighted by molar-refractivity contribution is 0.0594. The molecule has 0 aromatic heterocycles. The number of carboxylic acids is 1. The lowest BCUT2D eigenvalue weighted by Gasteiger charge is -2.15. The third-order valence-electron chi connectivity index (χ3n) is 9.12. The third-order valence-corrected chi connectivity index (χ3v) is 9.12. The van der Waals surface area contributed by atoms with Gasteiger partial charge < -0.3 is 30.3 Å². The lowest BCUT2D eigenvalue weighted by atomic mass is 9.94. The summed E-state index contributed by atoms with van der Waals surface area (Å²) in [5.41, 5.74) is 6.77. The minimum absolute atomic E-state index is 0.0278. The van der Waals surface area contributed by atoms with Crippen molar-refractivity contribution in [2.24, 2.45) is 0 Å². The molecule has 0 bridgehead atoms. The van der Waals surface area contributed by atoms with E-state index in [0.29, 0.717) is 42.4 Å². The number of ether oxygens (including phenoxy) is 1. The van der Waals surface area contributed by atoms with Gasteiger partial charge in [-0.05, 0) is 129 Å². The molecule has 0 atom stereocenters. The number of aryl methyl sites for hydroxylation is 2. The molecule has 0 saturated heterocycles. The fourth-order valence-electron chi connectivity index (χ4n) is 5.93. The predicted molar refractivity (Wildman–Crippen MR) is 217 cm³/mol. The average molecular weight is 735 g/mol. The minimum atomic E-state index is -1.15. The zero-order valence-corrected chi connectivity index (χ0v) is 33.8. The molecule has 0 fully saturated rings. The molecule has 0 heterocycles. The van der Waals surface area contributed by atoms with Gasteiger partial charge in [-0.15, -0.1) is 0 Å². The number of esters is 1. The molecule has 0 spiro atoms. The van der Waals surface area contributed by atoms with Crippen LogP contribution in [0.3, 0.4) is 0 Å². The Kier molecular flexibility index (Phi) is 21.7. The summed E-state index contributed by atoms with van der Waals surface area (Å²) in [7, 11) is 1.30. The Morgan fingerprint density at radius 3 is 1.38 bits per heavy atom. The van der Waals surface area contributed by atoms with Gasteiger partial charge in [0.2, 0.25) is 0 Å². The highest BCUT2D eigenvalue weighted by Gasteiger charge is 2.23. The largest absolute Gasteiger partial charge is 0.508 e. The molecule has 0 aliphatic rings. The first-order valence-corrected chi connectivity index (χ1v) is 19.1. The number of carbonyl (C=O) groups excluding carboxylic acids is 1. The molecule has 8 heteroatoms. The maximum atomic E-state index is 12.2. The van der Waals surface area contributed by atoms with Crippen LogP contribution >= 0.6 is 0 Å². The number of carboxylic acid groups (broad SMARTS) is 1. The van der Waals surface area contributed by atoms with Crippen LogP contribution in [0.2, 0.25) is 0 Å². The van der Waals surface area contributed by atoms with Crippen LogP contribution in [0.4, 0.5) is 0 Å². The molecule has 5 N–H and O–H groups in total. The lowest BCUT2D eigenvalue weighted by Crippen LogP contribution is -2.08. The topological polar surface area (TPSA) is 145 Å². The van der Waals surface area contributed by atoms with Crippen molar-refractivity contribution in [3.05, 3.63) is 92.1 Å². The van der Waals surface area contributed by atoms with Gasteiger partial charge in [-0.1, -0.05) is 86.1 Å². The molecule has 0 aliphatic carbocycles. The molecule has 8 nitrogen and oxygen atoms in total. The van der Waals surface area contributed by atoms with E-state index in [2.05, 4.69) is 53.7 Å². The number of phenols is 4. The fourth-order valence-corrected chi connectivity index (χ4v) is 5.93. The van der Waals surface area contributed by atoms with Gasteiger partial charge in [0.25, 0.3) is 0 Å². The van der Waals surface area contributed by atoms with Gasteiger partial charge >= 0.3 is 11.9 Å². The molecule has 2 aromatic carbocycles. The first kappa shape index (κ1) is 46.6. The number of rotatable bonds is 20. The van der Waals surface area contributed by atoms with E-state index in [9.17, 15) is 35.1 Å². The van der Waals surface area contributed by atoms with Crippen molar-refractivity contribution in [3.8, 4) is 23.0 Å². The number of carbonyl (C=O) groups is 2. The quantitative estimate of drug-likeness (QED) is 0.0513. The summed E-state index contributed by atoms with van der Waals surface area (Å²) in [6.45, 7) is 16.5. The number of aromatic hydroxyl groups is 4. The number of hydrogen-bond acceptors (Lipinski definition) is 7. The van der Waals surface area contributed by atoms with Gasteiger partial charge in [0.05, 0.1) is 7.11 Å². The van der Waals surface area contributed by atoms with Crippen molar-refractivity contribution in [2.45, 2.75) is 145 Å². The van der Waals surface area contributed by atoms with Crippen LogP contribution < -0.4 is 0 Å². The van der Waals surface area contributed by atoms with E-state index in [4.69, 9.17) is 4.74 Å². The maximum Gasteiger partial charge on any atom is 0.341 e. The van der Waals surface area contributed by atoms with Crippen LogP contribution in [-0.4, -0.2) is 44.6 Å². The van der Waals surface area contributed by atoms with Crippen molar-refractivity contribution in [1.29, 1.82) is 0 Å². The Morgan fingerprint density at radius 1 is 0.623 bits per heavy atom. The zero-order chi connectivity index (χ0) is 40.1. The molecule has 0 saturated carbocycles. The number of aromatic carboxylic acids is 1. The molecule has 2 rings (SSSR count). The van der Waals surface area contributed by atoms with Gasteiger partial charge in [0, 0.05) is 11.1 Å². The normalized spacial score (nSPS) is 11.4. The molecule has 53 heavy (non-hydrogen) atoms. The van der Waals surface area contributed by atoms with Gasteiger partial charge in [-0.3, -0.25) is 0 Å². The molecule has 0 amide bonds. The molecule has 0 aliphatic heterocycles. The Balaban J connectivity index is 0.000000530. The third kappa shape index (κ3) is 16.4. The second kappa shape index (κ2) is 24.7. The summed E-state index contributed by atoms with van der Waals surface area (Å²) in [5, 5.41) is 51.4. The predicted octanol–water partition coefficient (Wildman–Crippen LogP) is 11.6. The van der Waals surface area contributed by atoms with E-state index < -0.39 is 11.9 Å². The molecule has 0 unspecified atom stereocenters. The molecular formula is C45H66O8. The van der Waals surface area contributed by atoms with Gasteiger partial charge in [-0.25, -0.2) is 9.59 Å². The smallest absolute Gasteiger partial charge is 0.341 e. The Bertz CT molecular complexity index is 1620. The van der Waals surface area contributed by atoms with Crippen LogP contribution in [0.15, 0.2) is 58.7 Å². The van der Waals surface area contributed by atoms with Crippen molar-refractivity contribution in [1.82, 2.24) is 0 Å². The second-order valence-corrected chi connectivity index (χ2v) is 14.4. The van der Waals surface area contributed by atoms with Gasteiger partial charge in [0.15, 0.2) is 0 Å². The van der Waals surface area contributed by atoms with Crippen molar-refractivity contribution in [2.75, 3.05) is 7.11 Å². The zero-order valence-electron chi connectivity index (χ0n) is 33.8. The number of phenolic OH excluding ortho intramolecular Hbond substituents is 3. The molecule has 0 radical (unpaired) electrons. The number of methoxy groups -OCH3 is 1. The summed E-state index contributed by atoms with van der Waals surface area (Å²) in [6.07, 6.45) is 19.7. The fraction of sp³-hybridized carbons (Fsp3) is 0.511. The van der Waals surface area contributed by atoms with E-state index in [1.165, 1.54) is 29.9 Å². The van der Waals surface area contributed by atoms with Crippen LogP contribution in [0.5, 0.6) is 23.0 Å². The van der Waals surface area contributed by atoms with Crippen LogP contribution in [0, 0.1) is 0 Å². The number of hydrogen-bond donors (Lipinski definition) is 5. The van der Waals surface area contributed by atoms with Crippen LogP contribution in [0.25, 0.3) is 0 Å². The highest BCUT2D eigenvalue weighted by molar-refractivity contribution is 5.95. The highest BCUT2D eigenvalue weighted by atomic mass is 16.5. The average Bonchev–Trinajstić information content (AvgIpc) is 3.07. The monoisotopic (exact) mass is 734 g/mol. The van der Waals surface area contributed by atoms with Crippen LogP contribution in [0.1, 0.15) is 163 Å². The maximum absolute atomic E-state index is 12.2. The van der Waals surface area contributed by atoms with E-state index >= 15 is 0 Å². The number of allylic oxidation sites excluding steroid dienone is 8. The van der Waals surface area contributed by atoms with Crippen molar-refractivity contribution >= 4 is 11.9 Å². The van der Waals surface area contributed by atoms with E-state index in [1.54, 1.807) is 6.07 Å². The van der Waals surface area contributed by atoms with E-state index in [1.807, 2.05) is 26.0 Å². The number of unbranched alkanes of at least 4 members (excludes halogenated alkanes) is 4. The Hall–Kier alpha value is -4.46. The van der Waals surface area contributed by atoms with Crippen LogP contribution in [-0.2, 0) is 30.4 Å². The Morgan fingerprint density at radius 2 is 1.02 bits per heavy atom. The minimum Gasteiger partial charge on any atom is -0.508 e. The SMILES string of the molecule is CCCCCc1cc(O)c(C/C=C(\C)CCC=C(C)C)c(O)c1C(=O)O.CCCCCc1cc(O)c(C/C=C(\C)CCC=C(C)C)c(O)c1C(=O)OC. The molecule has 294 valence electrons. The first-order valence-electron chi connectivity index (χ1n) is 19.1. The summed E-state index contributed by atoms with van der Waals surface area (Å²) in [4.78, 5) is 23.8. The molecule has 2 aromatic rings. The number of benzene rings is 2. The van der Waals surface area contributed by atoms with Crippen molar-refractivity contribution < 1.29 is 39.9 Å². The van der Waals surface area contributed by atoms with Gasteiger partial charge in [-0.2, -0.15) is 0 Å². The summed E-state index contributed by atoms with van der Waals surface area (Å²) in [5.74, 6) is -2.20.